The third kappa shape index (κ3) is 7.46. The number of nitrogens with one attached hydrogen (secondary N) is 2. The maximum absolute atomic E-state index is 12.6. The zero-order chi connectivity index (χ0) is 23.3. The predicted octanol–water partition coefficient (Wildman–Crippen LogP) is 7.07. The molecule has 0 saturated carbocycles. The Hall–Kier alpha value is -2.16. The summed E-state index contributed by atoms with van der Waals surface area (Å²) in [5, 5.41) is 8.04. The maximum Gasteiger partial charge on any atom is 0.239 e. The highest BCUT2D eigenvalue weighted by atomic mass is 79.9. The number of thiazole rings is 1. The summed E-state index contributed by atoms with van der Waals surface area (Å²) >= 11 is 6.30. The van der Waals surface area contributed by atoms with Crippen molar-refractivity contribution >= 4 is 61.7 Å². The number of hydrogen-bond donors (Lipinski definition) is 2. The van der Waals surface area contributed by atoms with Crippen molar-refractivity contribution in [3.63, 3.8) is 0 Å². The van der Waals surface area contributed by atoms with Crippen molar-refractivity contribution in [3.8, 4) is 11.3 Å². The van der Waals surface area contributed by atoms with Crippen LogP contribution >= 0.6 is 39.0 Å². The van der Waals surface area contributed by atoms with Crippen LogP contribution in [0, 0.1) is 5.41 Å². The van der Waals surface area contributed by atoms with Crippen LogP contribution in [0.4, 0.5) is 10.8 Å². The molecule has 0 aliphatic heterocycles. The van der Waals surface area contributed by atoms with E-state index in [-0.39, 0.29) is 22.5 Å². The molecular formula is C24H26BrN3O2S2. The van der Waals surface area contributed by atoms with Crippen LogP contribution in [0.3, 0.4) is 0 Å². The molecule has 2 amide bonds. The van der Waals surface area contributed by atoms with Crippen molar-refractivity contribution in [2.45, 2.75) is 44.3 Å². The Morgan fingerprint density at radius 2 is 1.72 bits per heavy atom. The lowest BCUT2D eigenvalue weighted by atomic mass is 9.92. The number of rotatable bonds is 7. The molecule has 168 valence electrons. The molecule has 1 heterocycles. The molecule has 2 aromatic carbocycles. The van der Waals surface area contributed by atoms with Gasteiger partial charge in [0.05, 0.1) is 10.9 Å². The largest absolute Gasteiger partial charge is 0.326 e. The number of benzene rings is 2. The Bertz CT molecular complexity index is 1070. The molecule has 5 nitrogen and oxygen atoms in total. The summed E-state index contributed by atoms with van der Waals surface area (Å²) in [6, 6.07) is 15.4. The molecular weight excluding hydrogens is 506 g/mol. The zero-order valence-corrected chi connectivity index (χ0v) is 21.7. The fourth-order valence-electron chi connectivity index (χ4n) is 2.85. The van der Waals surface area contributed by atoms with Crippen LogP contribution in [0.15, 0.2) is 63.3 Å². The van der Waals surface area contributed by atoms with E-state index in [4.69, 9.17) is 0 Å². The summed E-state index contributed by atoms with van der Waals surface area (Å²) in [6.45, 7) is 7.96. The van der Waals surface area contributed by atoms with E-state index in [0.29, 0.717) is 11.6 Å². The van der Waals surface area contributed by atoms with Gasteiger partial charge in [-0.1, -0.05) is 48.8 Å². The number of thioether (sulfide) groups is 1. The van der Waals surface area contributed by atoms with Crippen LogP contribution < -0.4 is 10.6 Å². The number of nitrogens with zero attached hydrogens (tertiary/aromatic N) is 1. The third-order valence-corrected chi connectivity index (χ3v) is 6.78. The Morgan fingerprint density at radius 3 is 2.34 bits per heavy atom. The Morgan fingerprint density at radius 1 is 1.06 bits per heavy atom. The molecule has 1 aromatic heterocycles. The standard InChI is InChI=1S/C24H26BrN3O2S2/c1-15(32-19-11-9-18(10-12-19)26-21(29)13-24(2,3)4)22(30)28-23-27-20(14-31-23)16-5-7-17(25)8-6-16/h5-12,14-15H,13H2,1-4H3,(H,26,29)(H,27,28,30). The topological polar surface area (TPSA) is 71.1 Å². The molecule has 3 aromatic rings. The second-order valence-electron chi connectivity index (χ2n) is 8.60. The summed E-state index contributed by atoms with van der Waals surface area (Å²) in [7, 11) is 0. The summed E-state index contributed by atoms with van der Waals surface area (Å²) in [4.78, 5) is 30.2. The zero-order valence-electron chi connectivity index (χ0n) is 18.4. The number of hydrogen-bond acceptors (Lipinski definition) is 5. The van der Waals surface area contributed by atoms with Gasteiger partial charge in [0.2, 0.25) is 11.8 Å². The van der Waals surface area contributed by atoms with E-state index >= 15 is 0 Å². The molecule has 3 rings (SSSR count). The van der Waals surface area contributed by atoms with Crippen LogP contribution in [-0.4, -0.2) is 22.0 Å². The number of carbonyl (C=O) groups is 2. The smallest absolute Gasteiger partial charge is 0.239 e. The molecule has 1 atom stereocenters. The van der Waals surface area contributed by atoms with E-state index in [1.807, 2.05) is 81.6 Å². The monoisotopic (exact) mass is 531 g/mol. The third-order valence-electron chi connectivity index (χ3n) is 4.39. The second kappa shape index (κ2) is 10.6. The molecule has 32 heavy (non-hydrogen) atoms. The van der Waals surface area contributed by atoms with Gasteiger partial charge < -0.3 is 10.6 Å². The molecule has 0 saturated heterocycles. The van der Waals surface area contributed by atoms with E-state index < -0.39 is 0 Å². The van der Waals surface area contributed by atoms with Crippen molar-refractivity contribution < 1.29 is 9.59 Å². The van der Waals surface area contributed by atoms with Crippen molar-refractivity contribution in [1.82, 2.24) is 4.98 Å². The molecule has 2 N–H and O–H groups in total. The van der Waals surface area contributed by atoms with E-state index in [1.54, 1.807) is 0 Å². The van der Waals surface area contributed by atoms with Crippen molar-refractivity contribution in [2.75, 3.05) is 10.6 Å². The Labute approximate surface area is 205 Å². The molecule has 0 fully saturated rings. The first-order valence-electron chi connectivity index (χ1n) is 10.2. The highest BCUT2D eigenvalue weighted by Gasteiger charge is 2.18. The minimum Gasteiger partial charge on any atom is -0.326 e. The van der Waals surface area contributed by atoms with E-state index in [1.165, 1.54) is 23.1 Å². The minimum atomic E-state index is -0.295. The van der Waals surface area contributed by atoms with Crippen LogP contribution in [0.1, 0.15) is 34.1 Å². The SMILES string of the molecule is CC(Sc1ccc(NC(=O)CC(C)(C)C)cc1)C(=O)Nc1nc(-c2ccc(Br)cc2)cs1. The van der Waals surface area contributed by atoms with Gasteiger partial charge in [0, 0.05) is 32.4 Å². The van der Waals surface area contributed by atoms with Crippen molar-refractivity contribution in [2.24, 2.45) is 5.41 Å². The van der Waals surface area contributed by atoms with Crippen LogP contribution in [-0.2, 0) is 9.59 Å². The summed E-state index contributed by atoms with van der Waals surface area (Å²) in [5.41, 5.74) is 2.53. The van der Waals surface area contributed by atoms with Gasteiger partial charge in [0.25, 0.3) is 0 Å². The molecule has 0 bridgehead atoms. The van der Waals surface area contributed by atoms with Gasteiger partial charge >= 0.3 is 0 Å². The number of amides is 2. The van der Waals surface area contributed by atoms with E-state index in [0.717, 1.165) is 26.3 Å². The first-order chi connectivity index (χ1) is 15.1. The van der Waals surface area contributed by atoms with Gasteiger partial charge in [0.1, 0.15) is 0 Å². The maximum atomic E-state index is 12.6. The molecule has 0 aliphatic carbocycles. The Kier molecular flexibility index (Phi) is 8.14. The van der Waals surface area contributed by atoms with Crippen molar-refractivity contribution in [3.05, 3.63) is 58.4 Å². The molecule has 1 unspecified atom stereocenters. The van der Waals surface area contributed by atoms with E-state index in [2.05, 4.69) is 31.5 Å². The Balaban J connectivity index is 1.53. The van der Waals surface area contributed by atoms with Gasteiger partial charge in [-0.05, 0) is 48.7 Å². The van der Waals surface area contributed by atoms with Gasteiger partial charge in [-0.3, -0.25) is 9.59 Å². The van der Waals surface area contributed by atoms with Gasteiger partial charge in [-0.25, -0.2) is 4.98 Å². The predicted molar refractivity (Wildman–Crippen MR) is 138 cm³/mol. The molecule has 8 heteroatoms. The molecule has 0 spiro atoms. The highest BCUT2D eigenvalue weighted by molar-refractivity contribution is 9.10. The van der Waals surface area contributed by atoms with Gasteiger partial charge in [-0.2, -0.15) is 0 Å². The lowest BCUT2D eigenvalue weighted by Gasteiger charge is -2.17. The van der Waals surface area contributed by atoms with Crippen molar-refractivity contribution in [1.29, 1.82) is 0 Å². The fourth-order valence-corrected chi connectivity index (χ4v) is 4.71. The lowest BCUT2D eigenvalue weighted by Crippen LogP contribution is -2.22. The van der Waals surface area contributed by atoms with Crippen LogP contribution in [0.5, 0.6) is 0 Å². The minimum absolute atomic E-state index is 0.00315. The van der Waals surface area contributed by atoms with Crippen LogP contribution in [0.2, 0.25) is 0 Å². The first kappa shape index (κ1) is 24.5. The lowest BCUT2D eigenvalue weighted by molar-refractivity contribution is -0.118. The van der Waals surface area contributed by atoms with Crippen LogP contribution in [0.25, 0.3) is 11.3 Å². The van der Waals surface area contributed by atoms with Gasteiger partial charge in [0.15, 0.2) is 5.13 Å². The number of halogens is 1. The normalized spacial score (nSPS) is 12.3. The van der Waals surface area contributed by atoms with E-state index in [9.17, 15) is 9.59 Å². The highest BCUT2D eigenvalue weighted by Crippen LogP contribution is 2.29. The number of aromatic nitrogens is 1. The second-order valence-corrected chi connectivity index (χ2v) is 11.8. The average molecular weight is 533 g/mol. The number of anilines is 2. The first-order valence-corrected chi connectivity index (χ1v) is 12.7. The van der Waals surface area contributed by atoms with Gasteiger partial charge in [-0.15, -0.1) is 23.1 Å². The molecule has 0 aliphatic rings. The molecule has 0 radical (unpaired) electrons. The number of carbonyl (C=O) groups excluding carboxylic acids is 2. The average Bonchev–Trinajstić information content (AvgIpc) is 3.17. The summed E-state index contributed by atoms with van der Waals surface area (Å²) in [6.07, 6.45) is 0.459. The quantitative estimate of drug-likeness (QED) is 0.320. The summed E-state index contributed by atoms with van der Waals surface area (Å²) in [5.74, 6) is -0.106. The summed E-state index contributed by atoms with van der Waals surface area (Å²) < 4.78 is 1.01. The fraction of sp³-hybridized carbons (Fsp3) is 0.292.